The van der Waals surface area contributed by atoms with Gasteiger partial charge < -0.3 is 15.4 Å². The van der Waals surface area contributed by atoms with Gasteiger partial charge in [0.15, 0.2) is 0 Å². The molecular formula is C23H35N3O4S. The van der Waals surface area contributed by atoms with Gasteiger partial charge in [-0.25, -0.2) is 8.42 Å². The van der Waals surface area contributed by atoms with Crippen LogP contribution in [0.5, 0.6) is 0 Å². The smallest absolute Gasteiger partial charge is 0.243 e. The lowest BCUT2D eigenvalue weighted by Gasteiger charge is -2.45. The summed E-state index contributed by atoms with van der Waals surface area (Å²) in [6.45, 7) is 3.29. The van der Waals surface area contributed by atoms with Crippen molar-refractivity contribution in [3.05, 3.63) is 29.3 Å². The average Bonchev–Trinajstić information content (AvgIpc) is 3.26. The first-order valence-electron chi connectivity index (χ1n) is 11.5. The van der Waals surface area contributed by atoms with Crippen LogP contribution in [0.1, 0.15) is 49.7 Å². The molecule has 0 atom stereocenters. The molecule has 3 aliphatic rings. The molecule has 2 heterocycles. The summed E-state index contributed by atoms with van der Waals surface area (Å²) in [5.41, 5.74) is 7.75. The van der Waals surface area contributed by atoms with Gasteiger partial charge in [-0.1, -0.05) is 6.07 Å². The Morgan fingerprint density at radius 1 is 1.13 bits per heavy atom. The highest BCUT2D eigenvalue weighted by molar-refractivity contribution is 7.89. The van der Waals surface area contributed by atoms with Gasteiger partial charge in [-0.2, -0.15) is 4.31 Å². The van der Waals surface area contributed by atoms with Crippen molar-refractivity contribution < 1.29 is 17.9 Å². The van der Waals surface area contributed by atoms with Crippen molar-refractivity contribution in [3.63, 3.8) is 0 Å². The van der Waals surface area contributed by atoms with Crippen LogP contribution < -0.4 is 5.73 Å². The Kier molecular flexibility index (Phi) is 6.72. The quantitative estimate of drug-likeness (QED) is 0.687. The third kappa shape index (κ3) is 4.53. The maximum Gasteiger partial charge on any atom is 0.243 e. The molecule has 0 radical (unpaired) electrons. The minimum atomic E-state index is -3.44. The van der Waals surface area contributed by atoms with Crippen LogP contribution in [0.3, 0.4) is 0 Å². The molecule has 2 saturated heterocycles. The first kappa shape index (κ1) is 22.7. The fourth-order valence-corrected chi connectivity index (χ4v) is 7.06. The van der Waals surface area contributed by atoms with Gasteiger partial charge >= 0.3 is 0 Å². The predicted molar refractivity (Wildman–Crippen MR) is 119 cm³/mol. The topological polar surface area (TPSA) is 92.9 Å². The Balaban J connectivity index is 1.34. The monoisotopic (exact) mass is 449 g/mol. The van der Waals surface area contributed by atoms with E-state index in [1.165, 1.54) is 11.1 Å². The van der Waals surface area contributed by atoms with Gasteiger partial charge in [0.2, 0.25) is 15.9 Å². The summed E-state index contributed by atoms with van der Waals surface area (Å²) in [5, 5.41) is 0. The van der Waals surface area contributed by atoms with E-state index in [0.29, 0.717) is 37.1 Å². The number of benzene rings is 1. The molecule has 1 aromatic carbocycles. The molecule has 4 rings (SSSR count). The number of piperidine rings is 2. The van der Waals surface area contributed by atoms with Crippen molar-refractivity contribution >= 4 is 15.9 Å². The number of fused-ring (bicyclic) bond motifs is 1. The fourth-order valence-electron chi connectivity index (χ4n) is 5.54. The molecule has 0 aromatic heterocycles. The van der Waals surface area contributed by atoms with Crippen LogP contribution in [0.4, 0.5) is 0 Å². The molecule has 7 nitrogen and oxygen atoms in total. The second-order valence-corrected chi connectivity index (χ2v) is 11.3. The van der Waals surface area contributed by atoms with E-state index in [9.17, 15) is 13.2 Å². The number of sulfonamides is 1. The molecule has 1 aromatic rings. The van der Waals surface area contributed by atoms with Crippen LogP contribution in [0, 0.1) is 5.41 Å². The number of rotatable bonds is 7. The minimum absolute atomic E-state index is 0.223. The number of likely N-dealkylation sites (tertiary alicyclic amines) is 1. The number of methoxy groups -OCH3 is 1. The summed E-state index contributed by atoms with van der Waals surface area (Å²) in [7, 11) is -1.79. The Morgan fingerprint density at radius 3 is 2.45 bits per heavy atom. The Labute approximate surface area is 186 Å². The van der Waals surface area contributed by atoms with Gasteiger partial charge in [-0.3, -0.25) is 4.79 Å². The standard InChI is InChI=1S/C23H35N3O4S/c1-30-16-11-23(22(24)27)9-14-25(15-10-23)20-7-12-26(13-8-20)31(28,29)21-6-5-18-3-2-4-19(18)17-21/h5-6,17,20H,2-4,7-16H2,1H3,(H2,24,27). The number of aryl methyl sites for hydroxylation is 2. The van der Waals surface area contributed by atoms with Crippen molar-refractivity contribution in [2.75, 3.05) is 39.9 Å². The highest BCUT2D eigenvalue weighted by Crippen LogP contribution is 2.37. The zero-order valence-electron chi connectivity index (χ0n) is 18.5. The fraction of sp³-hybridized carbons (Fsp3) is 0.696. The van der Waals surface area contributed by atoms with Crippen LogP contribution in [0.2, 0.25) is 0 Å². The first-order chi connectivity index (χ1) is 14.9. The van der Waals surface area contributed by atoms with E-state index < -0.39 is 15.4 Å². The normalized spacial score (nSPS) is 23.0. The van der Waals surface area contributed by atoms with Crippen molar-refractivity contribution in [3.8, 4) is 0 Å². The van der Waals surface area contributed by atoms with Gasteiger partial charge in [0.25, 0.3) is 0 Å². The van der Waals surface area contributed by atoms with Gasteiger partial charge in [-0.05, 0) is 87.7 Å². The summed E-state index contributed by atoms with van der Waals surface area (Å²) >= 11 is 0. The number of hydrogen-bond acceptors (Lipinski definition) is 5. The zero-order chi connectivity index (χ0) is 22.1. The summed E-state index contributed by atoms with van der Waals surface area (Å²) in [6, 6.07) is 6.02. The molecule has 172 valence electrons. The average molecular weight is 450 g/mol. The Hall–Kier alpha value is -1.48. The van der Waals surface area contributed by atoms with Gasteiger partial charge in [-0.15, -0.1) is 0 Å². The number of ether oxygens (including phenoxy) is 1. The van der Waals surface area contributed by atoms with Crippen LogP contribution >= 0.6 is 0 Å². The maximum atomic E-state index is 13.2. The summed E-state index contributed by atoms with van der Waals surface area (Å²) < 4.78 is 33.2. The lowest BCUT2D eigenvalue weighted by atomic mass is 9.74. The van der Waals surface area contributed by atoms with Crippen LogP contribution in [0.15, 0.2) is 23.1 Å². The largest absolute Gasteiger partial charge is 0.385 e. The minimum Gasteiger partial charge on any atom is -0.385 e. The molecule has 0 saturated carbocycles. The molecule has 1 aliphatic carbocycles. The van der Waals surface area contributed by atoms with Crippen molar-refractivity contribution in [2.45, 2.75) is 62.3 Å². The second-order valence-electron chi connectivity index (χ2n) is 9.34. The van der Waals surface area contributed by atoms with Gasteiger partial charge in [0, 0.05) is 32.8 Å². The van der Waals surface area contributed by atoms with Gasteiger partial charge in [0.1, 0.15) is 0 Å². The molecule has 2 N–H and O–H groups in total. The Morgan fingerprint density at radius 2 is 1.81 bits per heavy atom. The molecule has 0 unspecified atom stereocenters. The molecule has 0 bridgehead atoms. The number of primary amides is 1. The van der Waals surface area contributed by atoms with E-state index in [4.69, 9.17) is 10.5 Å². The van der Waals surface area contributed by atoms with Crippen molar-refractivity contribution in [2.24, 2.45) is 11.1 Å². The number of amides is 1. The zero-order valence-corrected chi connectivity index (χ0v) is 19.3. The van der Waals surface area contributed by atoms with E-state index in [-0.39, 0.29) is 5.91 Å². The van der Waals surface area contributed by atoms with Gasteiger partial charge in [0.05, 0.1) is 10.3 Å². The molecular weight excluding hydrogens is 414 g/mol. The third-order valence-corrected chi connectivity index (χ3v) is 9.60. The Bertz CT molecular complexity index is 901. The molecule has 31 heavy (non-hydrogen) atoms. The van der Waals surface area contributed by atoms with E-state index in [1.807, 2.05) is 12.1 Å². The molecule has 2 aliphatic heterocycles. The predicted octanol–water partition coefficient (Wildman–Crippen LogP) is 1.93. The van der Waals surface area contributed by atoms with E-state index in [2.05, 4.69) is 4.90 Å². The molecule has 2 fully saturated rings. The van der Waals surface area contributed by atoms with E-state index >= 15 is 0 Å². The summed E-state index contributed by atoms with van der Waals surface area (Å²) in [4.78, 5) is 15.0. The number of nitrogens with zero attached hydrogens (tertiary/aromatic N) is 2. The van der Waals surface area contributed by atoms with Crippen LogP contribution in [-0.4, -0.2) is 69.5 Å². The highest BCUT2D eigenvalue weighted by Gasteiger charge is 2.41. The number of carbonyl (C=O) groups is 1. The maximum absolute atomic E-state index is 13.2. The van der Waals surface area contributed by atoms with Crippen LogP contribution in [0.25, 0.3) is 0 Å². The molecule has 0 spiro atoms. The third-order valence-electron chi connectivity index (χ3n) is 7.71. The van der Waals surface area contributed by atoms with E-state index in [1.54, 1.807) is 17.5 Å². The number of nitrogens with two attached hydrogens (primary N) is 1. The van der Waals surface area contributed by atoms with E-state index in [0.717, 1.165) is 58.0 Å². The SMILES string of the molecule is COCCC1(C(N)=O)CCN(C2CCN(S(=O)(=O)c3ccc4c(c3)CCC4)CC2)CC1. The number of carbonyl (C=O) groups excluding carboxylic acids is 1. The first-order valence-corrected chi connectivity index (χ1v) is 12.9. The van der Waals surface area contributed by atoms with Crippen molar-refractivity contribution in [1.82, 2.24) is 9.21 Å². The highest BCUT2D eigenvalue weighted by atomic mass is 32.2. The molecule has 8 heteroatoms. The molecule has 1 amide bonds. The van der Waals surface area contributed by atoms with Crippen molar-refractivity contribution in [1.29, 1.82) is 0 Å². The summed E-state index contributed by atoms with van der Waals surface area (Å²) in [6.07, 6.45) is 6.97. The lowest BCUT2D eigenvalue weighted by Crippen LogP contribution is -2.53. The van der Waals surface area contributed by atoms with Crippen LogP contribution in [-0.2, 0) is 32.4 Å². The second kappa shape index (κ2) is 9.17. The number of hydrogen-bond donors (Lipinski definition) is 1. The summed E-state index contributed by atoms with van der Waals surface area (Å²) in [5.74, 6) is -0.223. The lowest BCUT2D eigenvalue weighted by molar-refractivity contribution is -0.132.